The second-order valence-corrected chi connectivity index (χ2v) is 6.11. The van der Waals surface area contributed by atoms with Crippen LogP contribution in [0.25, 0.3) is 0 Å². The second kappa shape index (κ2) is 7.78. The highest BCUT2D eigenvalue weighted by Crippen LogP contribution is 2.20. The first-order valence-electron chi connectivity index (χ1n) is 8.19. The summed E-state index contributed by atoms with van der Waals surface area (Å²) in [6.45, 7) is 2.57. The molecule has 1 unspecified atom stereocenters. The minimum absolute atomic E-state index is 0.0516. The highest BCUT2D eigenvalue weighted by molar-refractivity contribution is 5.94. The topological polar surface area (TPSA) is 38.8 Å². The van der Waals surface area contributed by atoms with Gasteiger partial charge in [0.25, 0.3) is 5.91 Å². The van der Waals surface area contributed by atoms with Gasteiger partial charge in [0.2, 0.25) is 0 Å². The van der Waals surface area contributed by atoms with Gasteiger partial charge < -0.3 is 14.4 Å². The summed E-state index contributed by atoms with van der Waals surface area (Å²) in [5, 5.41) is 0. The normalized spacial score (nSPS) is 17.2. The van der Waals surface area contributed by atoms with Gasteiger partial charge in [-0.3, -0.25) is 4.79 Å². The summed E-state index contributed by atoms with van der Waals surface area (Å²) in [6.07, 6.45) is -0.476. The van der Waals surface area contributed by atoms with E-state index in [0.717, 1.165) is 17.7 Å². The zero-order valence-corrected chi connectivity index (χ0v) is 14.2. The van der Waals surface area contributed by atoms with Gasteiger partial charge in [0.05, 0.1) is 18.7 Å². The summed E-state index contributed by atoms with van der Waals surface area (Å²) in [5.74, 6) is -2.56. The lowest BCUT2D eigenvalue weighted by Gasteiger charge is -2.33. The molecule has 0 N–H and O–H groups in total. The van der Waals surface area contributed by atoms with Crippen LogP contribution >= 0.6 is 0 Å². The maximum absolute atomic E-state index is 13.8. The van der Waals surface area contributed by atoms with Crippen LogP contribution in [0.3, 0.4) is 0 Å². The molecular formula is C19H18F3NO3. The lowest BCUT2D eigenvalue weighted by Crippen LogP contribution is -2.47. The van der Waals surface area contributed by atoms with Crippen molar-refractivity contribution in [3.05, 3.63) is 65.0 Å². The number of aryl methyl sites for hydroxylation is 1. The number of morpholine rings is 1. The van der Waals surface area contributed by atoms with Crippen LogP contribution in [0.5, 0.6) is 5.75 Å². The molecule has 1 atom stereocenters. The van der Waals surface area contributed by atoms with Crippen LogP contribution in [0.2, 0.25) is 0 Å². The molecule has 0 aromatic heterocycles. The maximum atomic E-state index is 13.8. The molecule has 1 fully saturated rings. The van der Waals surface area contributed by atoms with Gasteiger partial charge in [-0.1, -0.05) is 6.07 Å². The van der Waals surface area contributed by atoms with Gasteiger partial charge in [0.1, 0.15) is 24.3 Å². The Morgan fingerprint density at radius 1 is 1.19 bits per heavy atom. The molecule has 0 bridgehead atoms. The Morgan fingerprint density at radius 2 is 2.00 bits per heavy atom. The Bertz CT molecular complexity index is 813. The standard InChI is InChI=1S/C19H18F3NO3/c1-12-2-5-16(21)18(8-12)26-11-14-10-23(6-7-25-14)19(24)15-4-3-13(20)9-17(15)22/h2-5,8-9,14H,6-7,10-11H2,1H3. The predicted molar refractivity (Wildman–Crippen MR) is 88.6 cm³/mol. The Morgan fingerprint density at radius 3 is 2.77 bits per heavy atom. The van der Waals surface area contributed by atoms with E-state index in [-0.39, 0.29) is 37.6 Å². The van der Waals surface area contributed by atoms with Gasteiger partial charge in [-0.05, 0) is 36.8 Å². The number of nitrogens with zero attached hydrogens (tertiary/aromatic N) is 1. The fourth-order valence-corrected chi connectivity index (χ4v) is 2.74. The van der Waals surface area contributed by atoms with Crippen molar-refractivity contribution in [3.63, 3.8) is 0 Å². The van der Waals surface area contributed by atoms with Crippen molar-refractivity contribution in [1.82, 2.24) is 4.90 Å². The van der Waals surface area contributed by atoms with Crippen molar-refractivity contribution in [1.29, 1.82) is 0 Å². The highest BCUT2D eigenvalue weighted by atomic mass is 19.1. The molecule has 0 spiro atoms. The third-order valence-corrected chi connectivity index (χ3v) is 4.10. The molecule has 26 heavy (non-hydrogen) atoms. The average molecular weight is 365 g/mol. The van der Waals surface area contributed by atoms with Gasteiger partial charge in [0.15, 0.2) is 11.6 Å². The van der Waals surface area contributed by atoms with Crippen molar-refractivity contribution in [2.45, 2.75) is 13.0 Å². The fourth-order valence-electron chi connectivity index (χ4n) is 2.74. The Balaban J connectivity index is 1.63. The van der Waals surface area contributed by atoms with E-state index in [0.29, 0.717) is 6.07 Å². The molecule has 3 rings (SSSR count). The molecule has 2 aromatic carbocycles. The lowest BCUT2D eigenvalue weighted by molar-refractivity contribution is -0.0406. The third kappa shape index (κ3) is 4.16. The predicted octanol–water partition coefficient (Wildman–Crippen LogP) is 3.33. The summed E-state index contributed by atoms with van der Waals surface area (Å²) < 4.78 is 51.6. The molecule has 0 saturated carbocycles. The Hall–Kier alpha value is -2.54. The first kappa shape index (κ1) is 18.3. The number of amides is 1. The van der Waals surface area contributed by atoms with Crippen molar-refractivity contribution in [2.24, 2.45) is 0 Å². The van der Waals surface area contributed by atoms with E-state index in [1.54, 1.807) is 12.1 Å². The molecular weight excluding hydrogens is 347 g/mol. The summed E-state index contributed by atoms with van der Waals surface area (Å²) in [7, 11) is 0. The first-order chi connectivity index (χ1) is 12.4. The molecule has 4 nitrogen and oxygen atoms in total. The molecule has 0 aliphatic carbocycles. The zero-order valence-electron chi connectivity index (χ0n) is 14.2. The number of carbonyl (C=O) groups excluding carboxylic acids is 1. The zero-order chi connectivity index (χ0) is 18.7. The Labute approximate surface area is 149 Å². The number of halogens is 3. The largest absolute Gasteiger partial charge is 0.488 e. The number of ether oxygens (including phenoxy) is 2. The summed E-state index contributed by atoms with van der Waals surface area (Å²) in [4.78, 5) is 13.9. The molecule has 7 heteroatoms. The molecule has 2 aromatic rings. The van der Waals surface area contributed by atoms with Crippen molar-refractivity contribution < 1.29 is 27.4 Å². The second-order valence-electron chi connectivity index (χ2n) is 6.11. The molecule has 1 heterocycles. The summed E-state index contributed by atoms with van der Waals surface area (Å²) in [6, 6.07) is 7.37. The highest BCUT2D eigenvalue weighted by Gasteiger charge is 2.27. The smallest absolute Gasteiger partial charge is 0.257 e. The van der Waals surface area contributed by atoms with Crippen LogP contribution in [0.4, 0.5) is 13.2 Å². The van der Waals surface area contributed by atoms with Gasteiger partial charge in [-0.2, -0.15) is 0 Å². The number of carbonyl (C=O) groups is 1. The van der Waals surface area contributed by atoms with E-state index in [1.807, 2.05) is 6.92 Å². The maximum Gasteiger partial charge on any atom is 0.257 e. The molecule has 1 amide bonds. The third-order valence-electron chi connectivity index (χ3n) is 4.10. The minimum Gasteiger partial charge on any atom is -0.488 e. The van der Waals surface area contributed by atoms with Crippen LogP contribution in [0.1, 0.15) is 15.9 Å². The SMILES string of the molecule is Cc1ccc(F)c(OCC2CN(C(=O)c3ccc(F)cc3F)CCO2)c1. The van der Waals surface area contributed by atoms with Crippen LogP contribution in [0, 0.1) is 24.4 Å². The number of rotatable bonds is 4. The van der Waals surface area contributed by atoms with Crippen LogP contribution in [-0.4, -0.2) is 43.2 Å². The van der Waals surface area contributed by atoms with E-state index >= 15 is 0 Å². The molecule has 138 valence electrons. The monoisotopic (exact) mass is 365 g/mol. The van der Waals surface area contributed by atoms with Gasteiger partial charge in [-0.25, -0.2) is 13.2 Å². The minimum atomic E-state index is -0.906. The summed E-state index contributed by atoms with van der Waals surface area (Å²) in [5.41, 5.74) is 0.659. The van der Waals surface area contributed by atoms with Crippen LogP contribution in [-0.2, 0) is 4.74 Å². The van der Waals surface area contributed by atoms with Crippen molar-refractivity contribution >= 4 is 5.91 Å². The lowest BCUT2D eigenvalue weighted by atomic mass is 10.1. The van der Waals surface area contributed by atoms with Gasteiger partial charge in [-0.15, -0.1) is 0 Å². The van der Waals surface area contributed by atoms with Crippen molar-refractivity contribution in [3.8, 4) is 5.75 Å². The molecule has 1 aliphatic heterocycles. The van der Waals surface area contributed by atoms with Gasteiger partial charge in [0, 0.05) is 12.6 Å². The summed E-state index contributed by atoms with van der Waals surface area (Å²) >= 11 is 0. The van der Waals surface area contributed by atoms with Gasteiger partial charge >= 0.3 is 0 Å². The van der Waals surface area contributed by atoms with Crippen molar-refractivity contribution in [2.75, 3.05) is 26.3 Å². The molecule has 1 saturated heterocycles. The van der Waals surface area contributed by atoms with E-state index in [2.05, 4.69) is 0 Å². The molecule has 1 aliphatic rings. The number of hydrogen-bond acceptors (Lipinski definition) is 3. The van der Waals surface area contributed by atoms with E-state index in [4.69, 9.17) is 9.47 Å². The van der Waals surface area contributed by atoms with Crippen LogP contribution in [0.15, 0.2) is 36.4 Å². The quantitative estimate of drug-likeness (QED) is 0.834. The van der Waals surface area contributed by atoms with E-state index in [1.165, 1.54) is 11.0 Å². The Kier molecular flexibility index (Phi) is 5.46. The number of benzene rings is 2. The molecule has 0 radical (unpaired) electrons. The fraction of sp³-hybridized carbons (Fsp3) is 0.316. The first-order valence-corrected chi connectivity index (χ1v) is 8.19. The van der Waals surface area contributed by atoms with Crippen LogP contribution < -0.4 is 4.74 Å². The number of hydrogen-bond donors (Lipinski definition) is 0. The van der Waals surface area contributed by atoms with E-state index < -0.39 is 29.5 Å². The van der Waals surface area contributed by atoms with E-state index in [9.17, 15) is 18.0 Å². The average Bonchev–Trinajstić information content (AvgIpc) is 2.62.